The Labute approximate surface area is 240 Å². The molecule has 1 aliphatic carbocycles. The summed E-state index contributed by atoms with van der Waals surface area (Å²) in [4.78, 5) is 16.3. The Bertz CT molecular complexity index is 1330. The van der Waals surface area contributed by atoms with Crippen LogP contribution < -0.4 is 15.4 Å². The molecule has 1 amide bonds. The second-order valence-electron chi connectivity index (χ2n) is 12.7. The average Bonchev–Trinajstić information content (AvgIpc) is 3.40. The lowest BCUT2D eigenvalue weighted by atomic mass is 9.72. The van der Waals surface area contributed by atoms with Gasteiger partial charge in [0.2, 0.25) is 5.91 Å². The molecule has 6 nitrogen and oxygen atoms in total. The largest absolute Gasteiger partial charge is 0.487 e. The molecule has 1 aromatic heterocycles. The number of hydrogen-bond donors (Lipinski definition) is 3. The maximum absolute atomic E-state index is 14.5. The Hall–Kier alpha value is -2.81. The van der Waals surface area contributed by atoms with E-state index in [2.05, 4.69) is 54.6 Å². The minimum Gasteiger partial charge on any atom is -0.487 e. The number of amides is 1. The number of aromatic nitrogens is 1. The van der Waals surface area contributed by atoms with Crippen molar-refractivity contribution in [1.82, 2.24) is 15.6 Å². The number of rotatable bonds is 9. The fourth-order valence-corrected chi connectivity index (χ4v) is 6.50. The van der Waals surface area contributed by atoms with Gasteiger partial charge in [-0.15, -0.1) is 11.3 Å². The minimum absolute atomic E-state index is 0.0404. The lowest BCUT2D eigenvalue weighted by molar-refractivity contribution is -0.120. The Morgan fingerprint density at radius 1 is 1.23 bits per heavy atom. The molecule has 1 spiro atoms. The zero-order chi connectivity index (χ0) is 28.5. The van der Waals surface area contributed by atoms with E-state index in [1.54, 1.807) is 23.0 Å². The fourth-order valence-electron chi connectivity index (χ4n) is 5.95. The minimum atomic E-state index is -0.849. The second kappa shape index (κ2) is 11.6. The van der Waals surface area contributed by atoms with E-state index in [1.165, 1.54) is 29.9 Å². The SMILES string of the molecule is CC(=O)N[C@@H](Cc1ccc(F)c(-c2cscn2)c1)[C@H](O)CNC1CC2(CCC2)Oc2ccc(CC(C)(C)C)cc21. The number of thiazole rings is 1. The molecule has 3 aromatic rings. The zero-order valence-electron chi connectivity index (χ0n) is 23.8. The molecule has 5 rings (SSSR count). The van der Waals surface area contributed by atoms with Crippen LogP contribution in [0.4, 0.5) is 4.39 Å². The highest BCUT2D eigenvalue weighted by Crippen LogP contribution is 2.49. The predicted octanol–water partition coefficient (Wildman–Crippen LogP) is 5.98. The van der Waals surface area contributed by atoms with Crippen molar-refractivity contribution >= 4 is 17.2 Å². The van der Waals surface area contributed by atoms with E-state index in [9.17, 15) is 14.3 Å². The van der Waals surface area contributed by atoms with Crippen LogP contribution in [0.1, 0.15) is 76.1 Å². The van der Waals surface area contributed by atoms with E-state index in [1.807, 2.05) is 0 Å². The zero-order valence-corrected chi connectivity index (χ0v) is 24.6. The van der Waals surface area contributed by atoms with Crippen LogP contribution >= 0.6 is 11.3 Å². The molecule has 1 fully saturated rings. The lowest BCUT2D eigenvalue weighted by Crippen LogP contribution is -2.52. The number of ether oxygens (including phenoxy) is 1. The first-order valence-electron chi connectivity index (χ1n) is 14.2. The molecular formula is C32H40FN3O3S. The van der Waals surface area contributed by atoms with Crippen LogP contribution in [0.25, 0.3) is 11.3 Å². The first-order chi connectivity index (χ1) is 19.0. The van der Waals surface area contributed by atoms with E-state index >= 15 is 0 Å². The summed E-state index contributed by atoms with van der Waals surface area (Å²) in [5.74, 6) is 0.360. The third kappa shape index (κ3) is 6.73. The number of nitrogens with zero attached hydrogens (tertiary/aromatic N) is 1. The summed E-state index contributed by atoms with van der Waals surface area (Å²) in [5.41, 5.74) is 5.93. The highest BCUT2D eigenvalue weighted by Gasteiger charge is 2.45. The van der Waals surface area contributed by atoms with Gasteiger partial charge < -0.3 is 20.5 Å². The van der Waals surface area contributed by atoms with Crippen molar-refractivity contribution in [3.8, 4) is 17.0 Å². The van der Waals surface area contributed by atoms with Crippen molar-refractivity contribution in [2.24, 2.45) is 5.41 Å². The van der Waals surface area contributed by atoms with E-state index in [4.69, 9.17) is 4.74 Å². The molecule has 3 atom stereocenters. The monoisotopic (exact) mass is 565 g/mol. The number of aliphatic hydroxyl groups is 1. The number of nitrogens with one attached hydrogen (secondary N) is 2. The Kier molecular flexibility index (Phi) is 8.32. The summed E-state index contributed by atoms with van der Waals surface area (Å²) in [7, 11) is 0. The van der Waals surface area contributed by atoms with Gasteiger partial charge >= 0.3 is 0 Å². The van der Waals surface area contributed by atoms with Crippen LogP contribution in [0, 0.1) is 11.2 Å². The molecular weight excluding hydrogens is 525 g/mol. The van der Waals surface area contributed by atoms with Crippen LogP contribution in [0.15, 0.2) is 47.3 Å². The molecule has 40 heavy (non-hydrogen) atoms. The van der Waals surface area contributed by atoms with Crippen molar-refractivity contribution in [3.63, 3.8) is 0 Å². The Morgan fingerprint density at radius 2 is 2.00 bits per heavy atom. The number of carbonyl (C=O) groups is 1. The maximum Gasteiger partial charge on any atom is 0.217 e. The van der Waals surface area contributed by atoms with Crippen molar-refractivity contribution in [2.75, 3.05) is 6.54 Å². The molecule has 0 saturated heterocycles. The van der Waals surface area contributed by atoms with Gasteiger partial charge in [0.05, 0.1) is 23.4 Å². The van der Waals surface area contributed by atoms with Gasteiger partial charge in [0.25, 0.3) is 0 Å². The third-order valence-electron chi connectivity index (χ3n) is 7.97. The van der Waals surface area contributed by atoms with E-state index in [-0.39, 0.29) is 28.8 Å². The number of benzene rings is 2. The van der Waals surface area contributed by atoms with Crippen molar-refractivity contribution < 1.29 is 19.0 Å². The standard InChI is InChI=1S/C32H40FN3O3S/c1-20(37)36-26(14-21-6-8-25(33)23(12-21)28-18-40-19-35-28)29(38)17-34-27-16-32(10-5-11-32)39-30-9-7-22(13-24(27)30)15-31(2,3)4/h6-9,12-13,18-19,26-27,29,34,38H,5,10-11,14-17H2,1-4H3,(H,36,37)/t26-,27?,29+/m0/s1. The summed E-state index contributed by atoms with van der Waals surface area (Å²) in [5, 5.41) is 19.7. The maximum atomic E-state index is 14.5. The topological polar surface area (TPSA) is 83.5 Å². The van der Waals surface area contributed by atoms with Gasteiger partial charge in [0, 0.05) is 42.4 Å². The van der Waals surface area contributed by atoms with Crippen LogP contribution in [0.3, 0.4) is 0 Å². The van der Waals surface area contributed by atoms with Crippen LogP contribution in [0.2, 0.25) is 0 Å². The molecule has 8 heteroatoms. The molecule has 1 unspecified atom stereocenters. The van der Waals surface area contributed by atoms with Crippen LogP contribution in [0.5, 0.6) is 5.75 Å². The first kappa shape index (κ1) is 28.7. The van der Waals surface area contributed by atoms with Crippen molar-refractivity contribution in [2.45, 2.75) is 90.0 Å². The van der Waals surface area contributed by atoms with Gasteiger partial charge in [-0.05, 0) is 66.8 Å². The van der Waals surface area contributed by atoms with Gasteiger partial charge in [0.1, 0.15) is 17.2 Å². The summed E-state index contributed by atoms with van der Waals surface area (Å²) in [6.45, 7) is 8.46. The van der Waals surface area contributed by atoms with Crippen molar-refractivity contribution in [3.05, 3.63) is 69.8 Å². The normalized spacial score (nSPS) is 19.3. The molecule has 2 aromatic carbocycles. The molecule has 1 saturated carbocycles. The van der Waals surface area contributed by atoms with Gasteiger partial charge in [0.15, 0.2) is 0 Å². The Balaban J connectivity index is 1.33. The summed E-state index contributed by atoms with van der Waals surface area (Å²) >= 11 is 1.41. The lowest BCUT2D eigenvalue weighted by Gasteiger charge is -2.48. The fraction of sp³-hybridized carbons (Fsp3) is 0.500. The summed E-state index contributed by atoms with van der Waals surface area (Å²) in [6.07, 6.45) is 4.58. The molecule has 2 heterocycles. The quantitative estimate of drug-likeness (QED) is 0.297. The van der Waals surface area contributed by atoms with E-state index in [0.29, 0.717) is 24.2 Å². The molecule has 0 radical (unpaired) electrons. The Morgan fingerprint density at radius 3 is 2.65 bits per heavy atom. The smallest absolute Gasteiger partial charge is 0.217 e. The van der Waals surface area contributed by atoms with Gasteiger partial charge in [-0.3, -0.25) is 4.79 Å². The average molecular weight is 566 g/mol. The second-order valence-corrected chi connectivity index (χ2v) is 13.4. The molecule has 3 N–H and O–H groups in total. The highest BCUT2D eigenvalue weighted by molar-refractivity contribution is 7.07. The van der Waals surface area contributed by atoms with Gasteiger partial charge in [-0.2, -0.15) is 0 Å². The molecule has 1 aliphatic heterocycles. The highest BCUT2D eigenvalue weighted by atomic mass is 32.1. The number of fused-ring (bicyclic) bond motifs is 1. The van der Waals surface area contributed by atoms with Crippen LogP contribution in [-0.2, 0) is 17.6 Å². The summed E-state index contributed by atoms with van der Waals surface area (Å²) < 4.78 is 21.0. The molecule has 214 valence electrons. The predicted molar refractivity (Wildman–Crippen MR) is 157 cm³/mol. The van der Waals surface area contributed by atoms with E-state index < -0.39 is 12.1 Å². The number of hydrogen-bond acceptors (Lipinski definition) is 6. The van der Waals surface area contributed by atoms with Gasteiger partial charge in [-0.1, -0.05) is 39.0 Å². The number of halogens is 1. The third-order valence-corrected chi connectivity index (χ3v) is 8.56. The van der Waals surface area contributed by atoms with Crippen LogP contribution in [-0.4, -0.2) is 40.3 Å². The van der Waals surface area contributed by atoms with E-state index in [0.717, 1.165) is 49.0 Å². The number of carbonyl (C=O) groups excluding carboxylic acids is 1. The molecule has 2 aliphatic rings. The van der Waals surface area contributed by atoms with Crippen molar-refractivity contribution in [1.29, 1.82) is 0 Å². The number of aliphatic hydroxyl groups excluding tert-OH is 1. The molecule has 0 bridgehead atoms. The first-order valence-corrected chi connectivity index (χ1v) is 15.1. The summed E-state index contributed by atoms with van der Waals surface area (Å²) in [6, 6.07) is 10.9. The van der Waals surface area contributed by atoms with Gasteiger partial charge in [-0.25, -0.2) is 9.37 Å².